The summed E-state index contributed by atoms with van der Waals surface area (Å²) in [4.78, 5) is 24.0. The molecule has 16 heavy (non-hydrogen) atoms. The predicted octanol–water partition coefficient (Wildman–Crippen LogP) is 0.437. The van der Waals surface area contributed by atoms with Crippen LogP contribution in [-0.2, 0) is 9.59 Å². The molecule has 0 atom stereocenters. The highest BCUT2D eigenvalue weighted by Crippen LogP contribution is 2.24. The Balaban J connectivity index is 2.51. The number of carboxylic acids is 1. The molecule has 0 aliphatic heterocycles. The molecule has 1 aliphatic rings. The molecular formula is C11H20N2O3. The molecule has 1 amide bonds. The Morgan fingerprint density at radius 3 is 2.31 bits per heavy atom. The molecule has 1 rings (SSSR count). The Morgan fingerprint density at radius 1 is 1.31 bits per heavy atom. The minimum atomic E-state index is -0.956. The largest absolute Gasteiger partial charge is 0.480 e. The summed E-state index contributed by atoms with van der Waals surface area (Å²) in [6.45, 7) is 2.06. The average Bonchev–Trinajstić information content (AvgIpc) is 2.25. The number of rotatable bonds is 4. The van der Waals surface area contributed by atoms with Gasteiger partial charge in [-0.1, -0.05) is 0 Å². The summed E-state index contributed by atoms with van der Waals surface area (Å²) in [6.07, 6.45) is 3.30. The third kappa shape index (κ3) is 3.48. The number of likely N-dealkylation sites (N-methyl/N-ethyl adjacent to an activating group) is 1. The molecule has 92 valence electrons. The SMILES string of the molecule is CCN(CC(=O)O)C(=O)C1CCC(N)CC1. The van der Waals surface area contributed by atoms with Crippen LogP contribution in [0.2, 0.25) is 0 Å². The van der Waals surface area contributed by atoms with Gasteiger partial charge in [-0.2, -0.15) is 0 Å². The van der Waals surface area contributed by atoms with E-state index in [2.05, 4.69) is 0 Å². The van der Waals surface area contributed by atoms with E-state index in [0.29, 0.717) is 6.54 Å². The third-order valence-electron chi connectivity index (χ3n) is 3.14. The van der Waals surface area contributed by atoms with Crippen molar-refractivity contribution in [3.63, 3.8) is 0 Å². The molecule has 0 spiro atoms. The van der Waals surface area contributed by atoms with Crippen LogP contribution in [0.25, 0.3) is 0 Å². The number of nitrogens with two attached hydrogens (primary N) is 1. The maximum Gasteiger partial charge on any atom is 0.323 e. The van der Waals surface area contributed by atoms with Crippen LogP contribution >= 0.6 is 0 Å². The highest BCUT2D eigenvalue weighted by Gasteiger charge is 2.28. The first-order chi connectivity index (χ1) is 7.54. The predicted molar refractivity (Wildman–Crippen MR) is 59.8 cm³/mol. The second kappa shape index (κ2) is 5.84. The first kappa shape index (κ1) is 13.0. The fourth-order valence-electron chi connectivity index (χ4n) is 2.13. The first-order valence-corrected chi connectivity index (χ1v) is 5.80. The van der Waals surface area contributed by atoms with Gasteiger partial charge < -0.3 is 15.7 Å². The number of carbonyl (C=O) groups excluding carboxylic acids is 1. The lowest BCUT2D eigenvalue weighted by atomic mass is 9.85. The van der Waals surface area contributed by atoms with E-state index in [9.17, 15) is 9.59 Å². The second-order valence-electron chi connectivity index (χ2n) is 4.36. The van der Waals surface area contributed by atoms with Crippen LogP contribution in [0.1, 0.15) is 32.6 Å². The molecule has 0 bridgehead atoms. The van der Waals surface area contributed by atoms with Crippen molar-refractivity contribution in [2.24, 2.45) is 11.7 Å². The van der Waals surface area contributed by atoms with Crippen molar-refractivity contribution >= 4 is 11.9 Å². The maximum atomic E-state index is 12.0. The van der Waals surface area contributed by atoms with Gasteiger partial charge in [-0.25, -0.2) is 0 Å². The number of hydrogen-bond donors (Lipinski definition) is 2. The van der Waals surface area contributed by atoms with Crippen molar-refractivity contribution in [3.05, 3.63) is 0 Å². The van der Waals surface area contributed by atoms with Crippen LogP contribution in [0.5, 0.6) is 0 Å². The van der Waals surface area contributed by atoms with Gasteiger partial charge in [0.2, 0.25) is 5.91 Å². The monoisotopic (exact) mass is 228 g/mol. The van der Waals surface area contributed by atoms with Gasteiger partial charge in [0.15, 0.2) is 0 Å². The lowest BCUT2D eigenvalue weighted by molar-refractivity contribution is -0.146. The fraction of sp³-hybridized carbons (Fsp3) is 0.818. The molecule has 0 aromatic rings. The fourth-order valence-corrected chi connectivity index (χ4v) is 2.13. The molecule has 0 aromatic carbocycles. The highest BCUT2D eigenvalue weighted by atomic mass is 16.4. The molecule has 0 heterocycles. The molecule has 1 saturated carbocycles. The zero-order valence-electron chi connectivity index (χ0n) is 9.69. The van der Waals surface area contributed by atoms with E-state index in [4.69, 9.17) is 10.8 Å². The van der Waals surface area contributed by atoms with Gasteiger partial charge in [0, 0.05) is 18.5 Å². The van der Waals surface area contributed by atoms with Crippen molar-refractivity contribution in [1.29, 1.82) is 0 Å². The van der Waals surface area contributed by atoms with Gasteiger partial charge in [-0.15, -0.1) is 0 Å². The zero-order valence-corrected chi connectivity index (χ0v) is 9.69. The van der Waals surface area contributed by atoms with Crippen LogP contribution in [0.4, 0.5) is 0 Å². The molecule has 0 saturated heterocycles. The molecule has 0 aromatic heterocycles. The molecule has 5 nitrogen and oxygen atoms in total. The topological polar surface area (TPSA) is 83.6 Å². The van der Waals surface area contributed by atoms with Gasteiger partial charge in [-0.3, -0.25) is 9.59 Å². The lowest BCUT2D eigenvalue weighted by Crippen LogP contribution is -2.41. The highest BCUT2D eigenvalue weighted by molar-refractivity contribution is 5.83. The summed E-state index contributed by atoms with van der Waals surface area (Å²) in [5, 5.41) is 8.69. The van der Waals surface area contributed by atoms with Crippen LogP contribution in [0, 0.1) is 5.92 Å². The quantitative estimate of drug-likeness (QED) is 0.731. The minimum absolute atomic E-state index is 0.0286. The minimum Gasteiger partial charge on any atom is -0.480 e. The van der Waals surface area contributed by atoms with E-state index in [1.54, 1.807) is 6.92 Å². The Labute approximate surface area is 95.6 Å². The molecule has 3 N–H and O–H groups in total. The zero-order chi connectivity index (χ0) is 12.1. The van der Waals surface area contributed by atoms with Crippen molar-refractivity contribution < 1.29 is 14.7 Å². The standard InChI is InChI=1S/C11H20N2O3/c1-2-13(7-10(14)15)11(16)8-3-5-9(12)6-4-8/h8-9H,2-7,12H2,1H3,(H,14,15). The van der Waals surface area contributed by atoms with Crippen molar-refractivity contribution in [2.45, 2.75) is 38.6 Å². The summed E-state index contributed by atoms with van der Waals surface area (Å²) in [5.74, 6) is -1.02. The summed E-state index contributed by atoms with van der Waals surface area (Å²) in [7, 11) is 0. The van der Waals surface area contributed by atoms with Gasteiger partial charge >= 0.3 is 5.97 Å². The average molecular weight is 228 g/mol. The Morgan fingerprint density at radius 2 is 1.88 bits per heavy atom. The number of carboxylic acid groups (broad SMARTS) is 1. The van der Waals surface area contributed by atoms with E-state index >= 15 is 0 Å². The molecule has 5 heteroatoms. The van der Waals surface area contributed by atoms with Crippen molar-refractivity contribution in [3.8, 4) is 0 Å². The summed E-state index contributed by atoms with van der Waals surface area (Å²) in [6, 6.07) is 0.207. The number of carbonyl (C=O) groups is 2. The summed E-state index contributed by atoms with van der Waals surface area (Å²) >= 11 is 0. The third-order valence-corrected chi connectivity index (χ3v) is 3.14. The maximum absolute atomic E-state index is 12.0. The smallest absolute Gasteiger partial charge is 0.323 e. The van der Waals surface area contributed by atoms with Gasteiger partial charge in [0.05, 0.1) is 0 Å². The normalized spacial score (nSPS) is 25.1. The molecule has 1 aliphatic carbocycles. The molecule has 0 unspecified atom stereocenters. The number of aliphatic carboxylic acids is 1. The van der Waals surface area contributed by atoms with Crippen LogP contribution < -0.4 is 5.73 Å². The molecule has 1 fully saturated rings. The van der Waals surface area contributed by atoms with Crippen LogP contribution in [0.15, 0.2) is 0 Å². The Kier molecular flexibility index (Phi) is 4.73. The second-order valence-corrected chi connectivity index (χ2v) is 4.36. The Hall–Kier alpha value is -1.10. The van der Waals surface area contributed by atoms with Gasteiger partial charge in [0.1, 0.15) is 6.54 Å². The number of nitrogens with zero attached hydrogens (tertiary/aromatic N) is 1. The van der Waals surface area contributed by atoms with E-state index in [1.165, 1.54) is 4.90 Å². The van der Waals surface area contributed by atoms with Gasteiger partial charge in [0.25, 0.3) is 0 Å². The molecular weight excluding hydrogens is 208 g/mol. The van der Waals surface area contributed by atoms with Crippen LogP contribution in [-0.4, -0.2) is 41.0 Å². The number of amides is 1. The van der Waals surface area contributed by atoms with Gasteiger partial charge in [-0.05, 0) is 32.6 Å². The lowest BCUT2D eigenvalue weighted by Gasteiger charge is -2.29. The Bertz CT molecular complexity index is 260. The summed E-state index contributed by atoms with van der Waals surface area (Å²) in [5.41, 5.74) is 5.77. The van der Waals surface area contributed by atoms with E-state index in [-0.39, 0.29) is 24.4 Å². The summed E-state index contributed by atoms with van der Waals surface area (Å²) < 4.78 is 0. The number of hydrogen-bond acceptors (Lipinski definition) is 3. The van der Waals surface area contributed by atoms with E-state index in [1.807, 2.05) is 0 Å². The van der Waals surface area contributed by atoms with E-state index < -0.39 is 5.97 Å². The van der Waals surface area contributed by atoms with Crippen molar-refractivity contribution in [2.75, 3.05) is 13.1 Å². The molecule has 0 radical (unpaired) electrons. The van der Waals surface area contributed by atoms with E-state index in [0.717, 1.165) is 25.7 Å². The van der Waals surface area contributed by atoms with Crippen molar-refractivity contribution in [1.82, 2.24) is 4.90 Å². The van der Waals surface area contributed by atoms with Crippen LogP contribution in [0.3, 0.4) is 0 Å². The first-order valence-electron chi connectivity index (χ1n) is 5.80.